The lowest BCUT2D eigenvalue weighted by atomic mass is 9.81. The Morgan fingerprint density at radius 1 is 1.50 bits per heavy atom. The molecule has 1 aromatic rings. The van der Waals surface area contributed by atoms with Crippen molar-refractivity contribution in [1.82, 2.24) is 0 Å². The third kappa shape index (κ3) is 3.36. The molecule has 0 aliphatic heterocycles. The summed E-state index contributed by atoms with van der Waals surface area (Å²) in [7, 11) is 0. The molecule has 0 unspecified atom stereocenters. The molecule has 1 aromatic carbocycles. The van der Waals surface area contributed by atoms with E-state index < -0.39 is 11.5 Å². The minimum atomic E-state index is -0.578. The molecule has 0 amide bonds. The van der Waals surface area contributed by atoms with E-state index >= 15 is 0 Å². The molecule has 0 aromatic heterocycles. The Kier molecular flexibility index (Phi) is 6.11. The monoisotopic (exact) mass is 334 g/mol. The molecular formula is C12H16BrClN2O2. The molecular weight excluding hydrogens is 320 g/mol. The maximum atomic E-state index is 9.93. The van der Waals surface area contributed by atoms with Crippen molar-refractivity contribution in [3.8, 4) is 11.8 Å². The van der Waals surface area contributed by atoms with E-state index in [2.05, 4.69) is 15.9 Å². The second-order valence-electron chi connectivity index (χ2n) is 4.63. The lowest BCUT2D eigenvalue weighted by Gasteiger charge is -2.30. The zero-order valence-electron chi connectivity index (χ0n) is 10.1. The molecule has 0 bridgehead atoms. The number of hydrogen-bond donors (Lipinski definition) is 3. The summed E-state index contributed by atoms with van der Waals surface area (Å²) in [5.41, 5.74) is 6.31. The van der Waals surface area contributed by atoms with Crippen LogP contribution in [0, 0.1) is 16.7 Å². The smallest absolute Gasteiger partial charge is 0.134 e. The lowest BCUT2D eigenvalue weighted by Crippen LogP contribution is -2.32. The Labute approximate surface area is 121 Å². The van der Waals surface area contributed by atoms with Crippen molar-refractivity contribution in [3.05, 3.63) is 27.7 Å². The minimum absolute atomic E-state index is 0. The van der Waals surface area contributed by atoms with Gasteiger partial charge in [-0.05, 0) is 28.1 Å². The highest BCUT2D eigenvalue weighted by Gasteiger charge is 2.29. The summed E-state index contributed by atoms with van der Waals surface area (Å²) in [6, 6.07) is 4.51. The topological polar surface area (TPSA) is 90.3 Å². The van der Waals surface area contributed by atoms with Crippen LogP contribution in [0.4, 0.5) is 0 Å². The molecule has 0 saturated heterocycles. The summed E-state index contributed by atoms with van der Waals surface area (Å²) < 4.78 is 0.427. The van der Waals surface area contributed by atoms with Crippen molar-refractivity contribution < 1.29 is 10.2 Å². The Balaban J connectivity index is 0.00000289. The molecule has 4 nitrogen and oxygen atoms in total. The number of phenolic OH excluding ortho intramolecular Hbond substituents is 1. The fraction of sp³-hybridized carbons (Fsp3) is 0.417. The summed E-state index contributed by atoms with van der Waals surface area (Å²) in [6.45, 7) is 3.48. The summed E-state index contributed by atoms with van der Waals surface area (Å²) in [5.74, 6) is 0.0121. The molecule has 1 rings (SSSR count). The van der Waals surface area contributed by atoms with Gasteiger partial charge in [-0.2, -0.15) is 5.26 Å². The van der Waals surface area contributed by atoms with Crippen LogP contribution in [0.25, 0.3) is 0 Å². The van der Waals surface area contributed by atoms with Gasteiger partial charge in [0.05, 0.1) is 16.1 Å². The van der Waals surface area contributed by atoms with Crippen LogP contribution in [0.1, 0.15) is 31.0 Å². The maximum Gasteiger partial charge on any atom is 0.134 e. The van der Waals surface area contributed by atoms with Crippen molar-refractivity contribution in [2.24, 2.45) is 11.1 Å². The predicted molar refractivity (Wildman–Crippen MR) is 75.6 cm³/mol. The molecule has 100 valence electrons. The van der Waals surface area contributed by atoms with E-state index in [0.29, 0.717) is 15.6 Å². The normalized spacial score (nSPS) is 12.4. The number of aliphatic hydroxyl groups is 1. The van der Waals surface area contributed by atoms with Crippen LogP contribution in [-0.4, -0.2) is 16.8 Å². The third-order valence-electron chi connectivity index (χ3n) is 2.81. The van der Waals surface area contributed by atoms with E-state index in [0.717, 1.165) is 0 Å². The SMILES string of the molecule is CC(C)(CO)[C@@H](N)c1cc(C#N)cc(Br)c1O.Cl. The van der Waals surface area contributed by atoms with Gasteiger partial charge in [-0.3, -0.25) is 0 Å². The Morgan fingerprint density at radius 3 is 2.50 bits per heavy atom. The molecule has 0 radical (unpaired) electrons. The van der Waals surface area contributed by atoms with E-state index in [-0.39, 0.29) is 24.8 Å². The Bertz CT molecular complexity index is 472. The van der Waals surface area contributed by atoms with Gasteiger partial charge >= 0.3 is 0 Å². The first kappa shape index (κ1) is 17.2. The molecule has 0 heterocycles. The predicted octanol–water partition coefficient (Wildman–Crippen LogP) is 2.47. The van der Waals surface area contributed by atoms with Gasteiger partial charge in [-0.25, -0.2) is 0 Å². The summed E-state index contributed by atoms with van der Waals surface area (Å²) in [6.07, 6.45) is 0. The molecule has 0 aliphatic rings. The van der Waals surface area contributed by atoms with Gasteiger partial charge in [-0.1, -0.05) is 13.8 Å². The number of nitriles is 1. The van der Waals surface area contributed by atoms with Crippen LogP contribution in [0.2, 0.25) is 0 Å². The third-order valence-corrected chi connectivity index (χ3v) is 3.41. The van der Waals surface area contributed by atoms with Crippen LogP contribution in [0.5, 0.6) is 5.75 Å². The fourth-order valence-electron chi connectivity index (χ4n) is 1.44. The molecule has 18 heavy (non-hydrogen) atoms. The molecule has 0 spiro atoms. The summed E-state index contributed by atoms with van der Waals surface area (Å²) in [5, 5.41) is 28.1. The number of hydrogen-bond acceptors (Lipinski definition) is 4. The number of nitrogens with zero attached hydrogens (tertiary/aromatic N) is 1. The molecule has 0 saturated carbocycles. The van der Waals surface area contributed by atoms with Crippen LogP contribution in [-0.2, 0) is 0 Å². The molecule has 1 atom stereocenters. The van der Waals surface area contributed by atoms with Crippen molar-refractivity contribution in [2.75, 3.05) is 6.61 Å². The summed E-state index contributed by atoms with van der Waals surface area (Å²) >= 11 is 3.18. The van der Waals surface area contributed by atoms with E-state index in [9.17, 15) is 10.2 Å². The number of aliphatic hydroxyl groups excluding tert-OH is 1. The molecule has 0 fully saturated rings. The maximum absolute atomic E-state index is 9.93. The quantitative estimate of drug-likeness (QED) is 0.791. The van der Waals surface area contributed by atoms with Crippen LogP contribution in [0.3, 0.4) is 0 Å². The number of rotatable bonds is 3. The number of nitrogens with two attached hydrogens (primary N) is 1. The Hall–Kier alpha value is -0.800. The first-order chi connectivity index (χ1) is 7.83. The van der Waals surface area contributed by atoms with Gasteiger partial charge in [0, 0.05) is 23.6 Å². The molecule has 0 aliphatic carbocycles. The van der Waals surface area contributed by atoms with Gasteiger partial charge < -0.3 is 15.9 Å². The average Bonchev–Trinajstić information content (AvgIpc) is 2.31. The first-order valence-electron chi connectivity index (χ1n) is 5.12. The highest BCUT2D eigenvalue weighted by Crippen LogP contribution is 2.39. The zero-order chi connectivity index (χ0) is 13.2. The van der Waals surface area contributed by atoms with Crippen molar-refractivity contribution in [1.29, 1.82) is 5.26 Å². The van der Waals surface area contributed by atoms with E-state index in [1.807, 2.05) is 6.07 Å². The standard InChI is InChI=1S/C12H15BrN2O2.ClH/c1-12(2,6-16)11(15)8-3-7(5-14)4-9(13)10(8)17;/h3-4,11,16-17H,6,15H2,1-2H3;1H/t11-;/m0./s1. The van der Waals surface area contributed by atoms with Gasteiger partial charge in [0.2, 0.25) is 0 Å². The average molecular weight is 336 g/mol. The number of aromatic hydroxyl groups is 1. The van der Waals surface area contributed by atoms with E-state index in [1.165, 1.54) is 6.07 Å². The zero-order valence-corrected chi connectivity index (χ0v) is 12.5. The van der Waals surface area contributed by atoms with Crippen LogP contribution < -0.4 is 5.73 Å². The second-order valence-corrected chi connectivity index (χ2v) is 5.49. The highest BCUT2D eigenvalue weighted by molar-refractivity contribution is 9.10. The second kappa shape index (κ2) is 6.39. The summed E-state index contributed by atoms with van der Waals surface area (Å²) in [4.78, 5) is 0. The van der Waals surface area contributed by atoms with Crippen LogP contribution >= 0.6 is 28.3 Å². The number of phenols is 1. The van der Waals surface area contributed by atoms with E-state index in [1.54, 1.807) is 19.9 Å². The van der Waals surface area contributed by atoms with Crippen molar-refractivity contribution >= 4 is 28.3 Å². The van der Waals surface area contributed by atoms with Gasteiger partial charge in [0.1, 0.15) is 5.75 Å². The van der Waals surface area contributed by atoms with E-state index in [4.69, 9.17) is 11.0 Å². The van der Waals surface area contributed by atoms with Gasteiger partial charge in [0.15, 0.2) is 0 Å². The number of halogens is 2. The van der Waals surface area contributed by atoms with Gasteiger partial charge in [-0.15, -0.1) is 12.4 Å². The molecule has 6 heteroatoms. The highest BCUT2D eigenvalue weighted by atomic mass is 79.9. The molecule has 4 N–H and O–H groups in total. The minimum Gasteiger partial charge on any atom is -0.506 e. The fourth-order valence-corrected chi connectivity index (χ4v) is 1.92. The van der Waals surface area contributed by atoms with Crippen LogP contribution in [0.15, 0.2) is 16.6 Å². The first-order valence-corrected chi connectivity index (χ1v) is 5.91. The number of benzene rings is 1. The largest absolute Gasteiger partial charge is 0.506 e. The lowest BCUT2D eigenvalue weighted by molar-refractivity contribution is 0.131. The Morgan fingerprint density at radius 2 is 2.06 bits per heavy atom. The van der Waals surface area contributed by atoms with Crippen molar-refractivity contribution in [3.63, 3.8) is 0 Å². The van der Waals surface area contributed by atoms with Gasteiger partial charge in [0.25, 0.3) is 0 Å². The van der Waals surface area contributed by atoms with Crippen molar-refractivity contribution in [2.45, 2.75) is 19.9 Å².